The molecule has 15 heavy (non-hydrogen) atoms. The minimum Gasteiger partial charge on any atom is -0.337 e. The summed E-state index contributed by atoms with van der Waals surface area (Å²) in [5.74, 6) is -3.31. The lowest BCUT2D eigenvalue weighted by Crippen LogP contribution is -2.43. The molecule has 0 saturated heterocycles. The fraction of sp³-hybridized carbons (Fsp3) is 0.900. The van der Waals surface area contributed by atoms with Crippen LogP contribution in [0.25, 0.3) is 0 Å². The van der Waals surface area contributed by atoms with Gasteiger partial charge in [0, 0.05) is 33.0 Å². The number of hydrogen-bond acceptors (Lipinski definition) is 1. The molecule has 1 aliphatic carbocycles. The Morgan fingerprint density at radius 3 is 2.67 bits per heavy atom. The van der Waals surface area contributed by atoms with Crippen LogP contribution in [0.15, 0.2) is 0 Å². The lowest BCUT2D eigenvalue weighted by molar-refractivity contribution is -0.0834. The molecule has 0 unspecified atom stereocenters. The maximum Gasteiger partial charge on any atom is 0.316 e. The highest BCUT2D eigenvalue weighted by atomic mass is 19.3. The SMILES string of the molecule is CN(C)C(=O)NC[C@H]1CCCCC1(F)F. The van der Waals surface area contributed by atoms with Gasteiger partial charge in [-0.25, -0.2) is 13.6 Å². The van der Waals surface area contributed by atoms with Crippen LogP contribution in [-0.2, 0) is 0 Å². The van der Waals surface area contributed by atoms with Gasteiger partial charge in [0.2, 0.25) is 0 Å². The summed E-state index contributed by atoms with van der Waals surface area (Å²) in [5.41, 5.74) is 0. The van der Waals surface area contributed by atoms with Crippen LogP contribution in [0.5, 0.6) is 0 Å². The number of carbonyl (C=O) groups excluding carboxylic acids is 1. The first-order chi connectivity index (χ1) is 6.93. The van der Waals surface area contributed by atoms with Gasteiger partial charge in [0.25, 0.3) is 5.92 Å². The summed E-state index contributed by atoms with van der Waals surface area (Å²) in [4.78, 5) is 12.5. The monoisotopic (exact) mass is 220 g/mol. The quantitative estimate of drug-likeness (QED) is 0.759. The summed E-state index contributed by atoms with van der Waals surface area (Å²) < 4.78 is 26.7. The summed E-state index contributed by atoms with van der Waals surface area (Å²) in [6.07, 6.45) is 1.87. The summed E-state index contributed by atoms with van der Waals surface area (Å²) in [5, 5.41) is 2.51. The fourth-order valence-electron chi connectivity index (χ4n) is 1.79. The highest BCUT2D eigenvalue weighted by Gasteiger charge is 2.41. The van der Waals surface area contributed by atoms with Crippen molar-refractivity contribution in [1.82, 2.24) is 10.2 Å². The van der Waals surface area contributed by atoms with Crippen LogP contribution < -0.4 is 5.32 Å². The Kier molecular flexibility index (Phi) is 3.88. The van der Waals surface area contributed by atoms with Crippen molar-refractivity contribution >= 4 is 6.03 Å². The number of nitrogens with zero attached hydrogens (tertiary/aromatic N) is 1. The van der Waals surface area contributed by atoms with Crippen LogP contribution >= 0.6 is 0 Å². The number of carbonyl (C=O) groups is 1. The van der Waals surface area contributed by atoms with Crippen LogP contribution in [0, 0.1) is 5.92 Å². The first-order valence-electron chi connectivity index (χ1n) is 5.26. The second kappa shape index (κ2) is 4.77. The third-order valence-electron chi connectivity index (χ3n) is 2.82. The second-order valence-corrected chi connectivity index (χ2v) is 4.28. The Balaban J connectivity index is 2.40. The van der Waals surface area contributed by atoms with E-state index in [0.717, 1.165) is 6.42 Å². The van der Waals surface area contributed by atoms with E-state index in [1.165, 1.54) is 4.90 Å². The van der Waals surface area contributed by atoms with Crippen LogP contribution in [-0.4, -0.2) is 37.5 Å². The van der Waals surface area contributed by atoms with Crippen molar-refractivity contribution in [2.75, 3.05) is 20.6 Å². The molecule has 1 N–H and O–H groups in total. The summed E-state index contributed by atoms with van der Waals surface area (Å²) in [6.45, 7) is 0.0734. The van der Waals surface area contributed by atoms with Crippen LogP contribution in [0.2, 0.25) is 0 Å². The second-order valence-electron chi connectivity index (χ2n) is 4.28. The summed E-state index contributed by atoms with van der Waals surface area (Å²) in [6, 6.07) is -0.309. The lowest BCUT2D eigenvalue weighted by atomic mass is 9.85. The molecule has 2 amide bonds. The highest BCUT2D eigenvalue weighted by molar-refractivity contribution is 5.73. The summed E-state index contributed by atoms with van der Waals surface area (Å²) in [7, 11) is 3.18. The highest BCUT2D eigenvalue weighted by Crippen LogP contribution is 2.37. The molecule has 3 nitrogen and oxygen atoms in total. The van der Waals surface area contributed by atoms with Gasteiger partial charge in [-0.3, -0.25) is 0 Å². The van der Waals surface area contributed by atoms with Gasteiger partial charge in [-0.15, -0.1) is 0 Å². The normalized spacial score (nSPS) is 24.7. The van der Waals surface area contributed by atoms with Gasteiger partial charge in [-0.1, -0.05) is 6.42 Å². The van der Waals surface area contributed by atoms with E-state index < -0.39 is 11.8 Å². The number of amides is 2. The van der Waals surface area contributed by atoms with Crippen molar-refractivity contribution in [3.8, 4) is 0 Å². The molecule has 1 fully saturated rings. The minimum atomic E-state index is -2.61. The molecule has 0 aromatic rings. The molecule has 0 aliphatic heterocycles. The number of rotatable bonds is 2. The molecular formula is C10H18F2N2O. The van der Waals surface area contributed by atoms with Gasteiger partial charge in [-0.2, -0.15) is 0 Å². The first kappa shape index (κ1) is 12.2. The molecule has 5 heteroatoms. The standard InChI is InChI=1S/C10H18F2N2O/c1-14(2)9(15)13-7-8-5-3-4-6-10(8,11)12/h8H,3-7H2,1-2H3,(H,13,15)/t8-/m1/s1. The Hall–Kier alpha value is -0.870. The molecule has 1 rings (SSSR count). The minimum absolute atomic E-state index is 0.0461. The first-order valence-corrected chi connectivity index (χ1v) is 5.26. The van der Waals surface area contributed by atoms with E-state index in [0.29, 0.717) is 12.8 Å². The number of hydrogen-bond donors (Lipinski definition) is 1. The van der Waals surface area contributed by atoms with Gasteiger partial charge in [0.15, 0.2) is 0 Å². The average Bonchev–Trinajstić information content (AvgIpc) is 2.14. The molecule has 0 radical (unpaired) electrons. The zero-order valence-corrected chi connectivity index (χ0v) is 9.22. The van der Waals surface area contributed by atoms with Crippen molar-refractivity contribution in [2.24, 2.45) is 5.92 Å². The number of halogens is 2. The summed E-state index contributed by atoms with van der Waals surface area (Å²) >= 11 is 0. The van der Waals surface area contributed by atoms with E-state index in [9.17, 15) is 13.6 Å². The maximum absolute atomic E-state index is 13.4. The van der Waals surface area contributed by atoms with E-state index in [1.807, 2.05) is 0 Å². The van der Waals surface area contributed by atoms with Gasteiger partial charge in [0.1, 0.15) is 0 Å². The van der Waals surface area contributed by atoms with Gasteiger partial charge >= 0.3 is 6.03 Å². The third kappa shape index (κ3) is 3.32. The van der Waals surface area contributed by atoms with E-state index >= 15 is 0 Å². The third-order valence-corrected chi connectivity index (χ3v) is 2.82. The van der Waals surface area contributed by atoms with E-state index in [2.05, 4.69) is 5.32 Å². The average molecular weight is 220 g/mol. The topological polar surface area (TPSA) is 32.3 Å². The molecule has 0 aromatic carbocycles. The molecule has 0 aromatic heterocycles. The van der Waals surface area contributed by atoms with Crippen LogP contribution in [0.4, 0.5) is 13.6 Å². The molecule has 1 aliphatic rings. The molecule has 1 atom stereocenters. The Bertz CT molecular complexity index is 231. The number of urea groups is 1. The Morgan fingerprint density at radius 1 is 1.47 bits per heavy atom. The molecule has 0 spiro atoms. The van der Waals surface area contributed by atoms with Gasteiger partial charge in [-0.05, 0) is 12.8 Å². The predicted molar refractivity (Wildman–Crippen MR) is 54.0 cm³/mol. The van der Waals surface area contributed by atoms with Crippen LogP contribution in [0.1, 0.15) is 25.7 Å². The van der Waals surface area contributed by atoms with Crippen LogP contribution in [0.3, 0.4) is 0 Å². The lowest BCUT2D eigenvalue weighted by Gasteiger charge is -2.31. The smallest absolute Gasteiger partial charge is 0.316 e. The predicted octanol–water partition coefficient (Wildman–Crippen LogP) is 2.08. The molecule has 0 bridgehead atoms. The molecule has 0 heterocycles. The Labute approximate surface area is 88.8 Å². The van der Waals surface area contributed by atoms with E-state index in [1.54, 1.807) is 14.1 Å². The zero-order valence-electron chi connectivity index (χ0n) is 9.22. The van der Waals surface area contributed by atoms with Crippen molar-refractivity contribution in [3.05, 3.63) is 0 Å². The van der Waals surface area contributed by atoms with E-state index in [-0.39, 0.29) is 19.0 Å². The Morgan fingerprint density at radius 2 is 2.13 bits per heavy atom. The van der Waals surface area contributed by atoms with Crippen molar-refractivity contribution < 1.29 is 13.6 Å². The van der Waals surface area contributed by atoms with Gasteiger partial charge in [0.05, 0.1) is 0 Å². The number of nitrogens with one attached hydrogen (secondary N) is 1. The largest absolute Gasteiger partial charge is 0.337 e. The van der Waals surface area contributed by atoms with Crippen molar-refractivity contribution in [1.29, 1.82) is 0 Å². The molecule has 88 valence electrons. The van der Waals surface area contributed by atoms with Gasteiger partial charge < -0.3 is 10.2 Å². The van der Waals surface area contributed by atoms with Crippen molar-refractivity contribution in [2.45, 2.75) is 31.6 Å². The zero-order chi connectivity index (χ0) is 11.5. The van der Waals surface area contributed by atoms with E-state index in [4.69, 9.17) is 0 Å². The number of alkyl halides is 2. The maximum atomic E-state index is 13.4. The molecular weight excluding hydrogens is 202 g/mol. The van der Waals surface area contributed by atoms with Crippen molar-refractivity contribution in [3.63, 3.8) is 0 Å². The molecule has 1 saturated carbocycles. The fourth-order valence-corrected chi connectivity index (χ4v) is 1.79.